The second-order valence-corrected chi connectivity index (χ2v) is 24.1. The van der Waals surface area contributed by atoms with Crippen LogP contribution in [0.25, 0.3) is 22.0 Å². The third-order valence-corrected chi connectivity index (χ3v) is 16.0. The molecule has 2 aliphatic rings. The third-order valence-electron chi connectivity index (χ3n) is 12.7. The molecule has 0 aliphatic heterocycles. The Morgan fingerprint density at radius 2 is 1.59 bits per heavy atom. The number of nitrogens with zero attached hydrogens (tertiary/aromatic N) is 7. The quantitative estimate of drug-likeness (QED) is 0.0528. The van der Waals surface area contributed by atoms with Crippen molar-refractivity contribution in [2.45, 2.75) is 100 Å². The summed E-state index contributed by atoms with van der Waals surface area (Å²) in [5.41, 5.74) is 0.442. The van der Waals surface area contributed by atoms with Gasteiger partial charge in [0.05, 0.1) is 40.0 Å². The van der Waals surface area contributed by atoms with Crippen LogP contribution < -0.4 is 15.4 Å². The summed E-state index contributed by atoms with van der Waals surface area (Å²) in [5.74, 6) is -7.19. The maximum atomic E-state index is 15.6. The van der Waals surface area contributed by atoms with Crippen molar-refractivity contribution in [2.24, 2.45) is 11.7 Å². The van der Waals surface area contributed by atoms with Gasteiger partial charge in [-0.15, -0.1) is 0 Å². The zero-order valence-electron chi connectivity index (χ0n) is 40.6. The lowest BCUT2D eigenvalue weighted by Crippen LogP contribution is -2.47. The molecule has 3 N–H and O–H groups in total. The number of nitrogens with two attached hydrogens (primary N) is 1. The average Bonchev–Trinajstić information content (AvgIpc) is 3.78. The molecule has 1 fully saturated rings. The van der Waals surface area contributed by atoms with E-state index in [2.05, 4.69) is 32.3 Å². The minimum absolute atomic E-state index is 0.0668. The van der Waals surface area contributed by atoms with Gasteiger partial charge in [0.1, 0.15) is 40.9 Å². The van der Waals surface area contributed by atoms with Gasteiger partial charge in [0.25, 0.3) is 11.8 Å². The second-order valence-electron chi connectivity index (χ2n) is 19.3. The number of fused-ring (bicyclic) bond motifs is 4. The normalized spacial score (nSPS) is 17.3. The van der Waals surface area contributed by atoms with Crippen molar-refractivity contribution in [3.8, 4) is 23.0 Å². The number of halogens is 11. The molecule has 0 saturated heterocycles. The van der Waals surface area contributed by atoms with Gasteiger partial charge in [-0.1, -0.05) is 30.0 Å². The highest BCUT2D eigenvalue weighted by Crippen LogP contribution is 2.68. The fraction of sp³-hybridized carbons (Fsp3) is 0.468. The number of hydrogen-bond donors (Lipinski definition) is 2. The van der Waals surface area contributed by atoms with Crippen molar-refractivity contribution < 1.29 is 70.3 Å². The fourth-order valence-corrected chi connectivity index (χ4v) is 10.3. The van der Waals surface area contributed by atoms with Crippen LogP contribution in [0.4, 0.5) is 49.7 Å². The number of sulfonamides is 1. The molecular weight excluding hydrogens is 1080 g/mol. The summed E-state index contributed by atoms with van der Waals surface area (Å²) in [6.07, 6.45) is -9.06. The van der Waals surface area contributed by atoms with Crippen molar-refractivity contribution in [3.05, 3.63) is 93.0 Å². The predicted octanol–water partition coefficient (Wildman–Crippen LogP) is 7.64. The number of rotatable bonds is 17. The Morgan fingerprint density at radius 1 is 0.947 bits per heavy atom. The zero-order chi connectivity index (χ0) is 55.7. The summed E-state index contributed by atoms with van der Waals surface area (Å²) in [4.78, 5) is 34.7. The smallest absolute Gasteiger partial charge is 0.346 e. The van der Waals surface area contributed by atoms with Crippen LogP contribution >= 0.6 is 11.6 Å². The lowest BCUT2D eigenvalue weighted by molar-refractivity contribution is -0.143. The van der Waals surface area contributed by atoms with Crippen LogP contribution in [0.1, 0.15) is 85.4 Å². The van der Waals surface area contributed by atoms with E-state index >= 15 is 8.78 Å². The number of alkyl halides is 8. The lowest BCUT2D eigenvalue weighted by atomic mass is 9.93. The largest absolute Gasteiger partial charge is 0.435 e. The van der Waals surface area contributed by atoms with E-state index in [-0.39, 0.29) is 44.2 Å². The summed E-state index contributed by atoms with van der Waals surface area (Å²) < 4.78 is 199. The Balaban J connectivity index is 1.46. The van der Waals surface area contributed by atoms with Crippen molar-refractivity contribution >= 4 is 60.0 Å². The van der Waals surface area contributed by atoms with Gasteiger partial charge < -0.3 is 16.0 Å². The van der Waals surface area contributed by atoms with Crippen LogP contribution in [0.2, 0.25) is 5.02 Å². The number of unbranched alkanes of at least 4 members (excludes halogenated alkanes) is 1. The Morgan fingerprint density at radius 3 is 2.17 bits per heavy atom. The summed E-state index contributed by atoms with van der Waals surface area (Å²) in [5, 5.41) is 8.84. The first kappa shape index (κ1) is 56.9. The number of anilines is 1. The van der Waals surface area contributed by atoms with Crippen molar-refractivity contribution in [1.29, 1.82) is 0 Å². The number of pyridine rings is 1. The first-order chi connectivity index (χ1) is 34.5. The first-order valence-electron chi connectivity index (χ1n) is 22.7. The third kappa shape index (κ3) is 12.1. The van der Waals surface area contributed by atoms with E-state index < -0.39 is 154 Å². The van der Waals surface area contributed by atoms with E-state index in [4.69, 9.17) is 17.3 Å². The first-order valence-corrected chi connectivity index (χ1v) is 26.9. The van der Waals surface area contributed by atoms with Gasteiger partial charge in [0.15, 0.2) is 21.3 Å². The number of nitrogens with one attached hydrogen (secondary N) is 1. The van der Waals surface area contributed by atoms with Crippen LogP contribution in [0, 0.1) is 29.4 Å². The topological polar surface area (TPSA) is 195 Å². The molecule has 3 aromatic heterocycles. The number of amides is 2. The summed E-state index contributed by atoms with van der Waals surface area (Å²) in [6.45, 7) is -0.194. The summed E-state index contributed by atoms with van der Waals surface area (Å²) in [7, 11) is -5.11. The Bertz CT molecular complexity index is 3370. The van der Waals surface area contributed by atoms with Crippen LogP contribution in [-0.2, 0) is 61.1 Å². The number of hydrogen-bond acceptors (Lipinski definition) is 11. The van der Waals surface area contributed by atoms with E-state index in [9.17, 15) is 61.5 Å². The van der Waals surface area contributed by atoms with E-state index in [1.54, 1.807) is 14.1 Å². The number of sulfone groups is 1. The van der Waals surface area contributed by atoms with Crippen LogP contribution in [0.15, 0.2) is 42.5 Å². The molecular formula is C47H48ClF10N9O6S2. The predicted molar refractivity (Wildman–Crippen MR) is 255 cm³/mol. The molecule has 15 nitrogen and oxygen atoms in total. The monoisotopic (exact) mass is 1120 g/mol. The standard InChI is InChI=1S/C47H48ClF10N9O6S2/c1-44(2,74(5,70)71)15-14-27-10-11-28(29-12-13-32(48)37-39(29)66(23-45(51,52)53)63-42(37)67(75(6,72)73)43(69)33(59)9-7-8-16-64(3)4)38(60-27)34(19-24-17-25(49)20-26(50)18-24)61-35(68)22-65-41-36(40(62-65)47(56,57)58)30-21-31(30)46(41,54)55/h10-13,17-18,20,30-31,33-34H,7-9,16,19,21-23,59H2,1-6H3,(H,61,68)/t30-,31+,33?,34?/m0/s1. The molecule has 4 atom stereocenters. The molecule has 1 saturated carbocycles. The SMILES string of the molecule is CN(C)CCCCC(N)C(=O)N(c1nn(CC(F)(F)F)c2c(-c3ccc(C#CC(C)(C)S(C)(=O)=O)nc3C(Cc3cc(F)cc(F)c3)NC(=O)Cn3nc(C(F)(F)F)c4c3C(F)(F)[C@@H]3C[C@H]43)ccc(Cl)c12)S(C)(=O)=O. The highest BCUT2D eigenvalue weighted by atomic mass is 35.5. The lowest BCUT2D eigenvalue weighted by Gasteiger charge is -2.23. The molecule has 2 aromatic carbocycles. The average molecular weight is 1120 g/mol. The number of carbonyl (C=O) groups is 2. The van der Waals surface area contributed by atoms with E-state index in [0.717, 1.165) is 36.6 Å². The Labute approximate surface area is 428 Å². The van der Waals surface area contributed by atoms with Crippen molar-refractivity contribution in [3.63, 3.8) is 0 Å². The molecule has 3 heterocycles. The van der Waals surface area contributed by atoms with Gasteiger partial charge in [0, 0.05) is 34.9 Å². The molecule has 2 aliphatic carbocycles. The minimum Gasteiger partial charge on any atom is -0.346 e. The van der Waals surface area contributed by atoms with Gasteiger partial charge in [-0.25, -0.2) is 30.6 Å². The van der Waals surface area contributed by atoms with E-state index in [1.165, 1.54) is 19.9 Å². The fourth-order valence-electron chi connectivity index (χ4n) is 8.89. The Kier molecular flexibility index (Phi) is 15.4. The van der Waals surface area contributed by atoms with E-state index in [0.29, 0.717) is 36.4 Å². The zero-order valence-corrected chi connectivity index (χ0v) is 43.0. The van der Waals surface area contributed by atoms with Crippen molar-refractivity contribution in [2.75, 3.05) is 37.5 Å². The maximum Gasteiger partial charge on any atom is 0.435 e. The van der Waals surface area contributed by atoms with Gasteiger partial charge in [-0.2, -0.15) is 49.6 Å². The molecule has 2 amide bonds. The minimum atomic E-state index is -5.22. The molecule has 0 spiro atoms. The molecule has 75 heavy (non-hydrogen) atoms. The van der Waals surface area contributed by atoms with E-state index in [1.807, 2.05) is 4.90 Å². The number of aromatic nitrogens is 5. The maximum absolute atomic E-state index is 15.6. The highest BCUT2D eigenvalue weighted by Gasteiger charge is 2.68. The summed E-state index contributed by atoms with van der Waals surface area (Å²) in [6, 6.07) is 3.37. The molecule has 2 unspecified atom stereocenters. The summed E-state index contributed by atoms with van der Waals surface area (Å²) >= 11 is 6.70. The highest BCUT2D eigenvalue weighted by molar-refractivity contribution is 7.93. The second kappa shape index (κ2) is 20.3. The van der Waals surface area contributed by atoms with Gasteiger partial charge in [-0.3, -0.25) is 19.0 Å². The number of benzene rings is 2. The van der Waals surface area contributed by atoms with Gasteiger partial charge in [-0.05, 0) is 108 Å². The molecule has 5 aromatic rings. The number of carbonyl (C=O) groups excluding carboxylic acids is 2. The van der Waals surface area contributed by atoms with Crippen LogP contribution in [0.5, 0.6) is 0 Å². The Hall–Kier alpha value is -5.82. The van der Waals surface area contributed by atoms with Crippen LogP contribution in [0.3, 0.4) is 0 Å². The van der Waals surface area contributed by atoms with Gasteiger partial charge >= 0.3 is 12.4 Å². The van der Waals surface area contributed by atoms with Crippen LogP contribution in [-0.4, -0.2) is 108 Å². The molecule has 406 valence electrons. The molecule has 28 heteroatoms. The van der Waals surface area contributed by atoms with Crippen molar-refractivity contribution in [1.82, 2.24) is 34.8 Å². The molecule has 7 rings (SSSR count). The van der Waals surface area contributed by atoms with Gasteiger partial charge in [0.2, 0.25) is 15.9 Å². The molecule has 0 radical (unpaired) electrons. The molecule has 0 bridgehead atoms.